The van der Waals surface area contributed by atoms with E-state index in [1.165, 1.54) is 0 Å². The van der Waals surface area contributed by atoms with Gasteiger partial charge in [0, 0.05) is 16.9 Å². The lowest BCUT2D eigenvalue weighted by Crippen LogP contribution is -1.95. The van der Waals surface area contributed by atoms with Gasteiger partial charge in [-0.2, -0.15) is 0 Å². The predicted octanol–water partition coefficient (Wildman–Crippen LogP) is 2.54. The highest BCUT2D eigenvalue weighted by Crippen LogP contribution is 2.29. The summed E-state index contributed by atoms with van der Waals surface area (Å²) in [6.07, 6.45) is 0.681. The molecule has 0 spiro atoms. The van der Waals surface area contributed by atoms with Crippen LogP contribution in [-0.2, 0) is 16.0 Å². The van der Waals surface area contributed by atoms with E-state index in [0.717, 1.165) is 21.1 Å². The van der Waals surface area contributed by atoms with Gasteiger partial charge >= 0.3 is 0 Å². The number of hydrogen-bond acceptors (Lipinski definition) is 5. The molecule has 1 aromatic carbocycles. The summed E-state index contributed by atoms with van der Waals surface area (Å²) in [6.45, 7) is 2.77. The van der Waals surface area contributed by atoms with Crippen molar-refractivity contribution in [3.63, 3.8) is 0 Å². The SMILES string of the molecule is Cc1nc(-c2ccc(O)cc2)sc1CCOC=O. The molecule has 0 bridgehead atoms. The maximum Gasteiger partial charge on any atom is 0.293 e. The fourth-order valence-electron chi connectivity index (χ4n) is 1.59. The molecule has 1 N–H and O–H groups in total. The van der Waals surface area contributed by atoms with Crippen molar-refractivity contribution < 1.29 is 14.6 Å². The van der Waals surface area contributed by atoms with Crippen LogP contribution in [0.4, 0.5) is 0 Å². The van der Waals surface area contributed by atoms with E-state index in [0.29, 0.717) is 19.5 Å². The Bertz CT molecular complexity index is 534. The van der Waals surface area contributed by atoms with E-state index in [9.17, 15) is 9.90 Å². The molecule has 94 valence electrons. The molecule has 1 aromatic heterocycles. The van der Waals surface area contributed by atoms with Gasteiger partial charge in [0.15, 0.2) is 0 Å². The summed E-state index contributed by atoms with van der Waals surface area (Å²) in [5.74, 6) is 0.242. The third-order valence-electron chi connectivity index (χ3n) is 2.52. The minimum absolute atomic E-state index is 0.242. The summed E-state index contributed by atoms with van der Waals surface area (Å²) >= 11 is 1.58. The van der Waals surface area contributed by atoms with E-state index in [4.69, 9.17) is 0 Å². The fraction of sp³-hybridized carbons (Fsp3) is 0.231. The Kier molecular flexibility index (Phi) is 3.94. The Labute approximate surface area is 109 Å². The number of carbonyl (C=O) groups excluding carboxylic acids is 1. The van der Waals surface area contributed by atoms with Crippen LogP contribution >= 0.6 is 11.3 Å². The lowest BCUT2D eigenvalue weighted by molar-refractivity contribution is -0.128. The van der Waals surface area contributed by atoms with Crippen molar-refractivity contribution in [2.45, 2.75) is 13.3 Å². The second-order valence-electron chi connectivity index (χ2n) is 3.79. The average molecular weight is 263 g/mol. The molecule has 0 aliphatic rings. The minimum atomic E-state index is 0.242. The number of aromatic hydroxyl groups is 1. The number of hydrogen-bond donors (Lipinski definition) is 1. The van der Waals surface area contributed by atoms with Gasteiger partial charge in [0.1, 0.15) is 10.8 Å². The first-order chi connectivity index (χ1) is 8.70. The molecule has 2 aromatic rings. The second-order valence-corrected chi connectivity index (χ2v) is 4.88. The highest BCUT2D eigenvalue weighted by molar-refractivity contribution is 7.15. The van der Waals surface area contributed by atoms with Gasteiger partial charge in [-0.1, -0.05) is 0 Å². The van der Waals surface area contributed by atoms with Crippen LogP contribution in [0.1, 0.15) is 10.6 Å². The van der Waals surface area contributed by atoms with Crippen molar-refractivity contribution in [1.82, 2.24) is 4.98 Å². The van der Waals surface area contributed by atoms with E-state index in [-0.39, 0.29) is 5.75 Å². The summed E-state index contributed by atoms with van der Waals surface area (Å²) in [7, 11) is 0. The van der Waals surface area contributed by atoms with Crippen LogP contribution in [0.25, 0.3) is 10.6 Å². The highest BCUT2D eigenvalue weighted by Gasteiger charge is 2.09. The number of carbonyl (C=O) groups is 1. The van der Waals surface area contributed by atoms with Gasteiger partial charge in [-0.15, -0.1) is 11.3 Å². The fourth-order valence-corrected chi connectivity index (χ4v) is 2.64. The van der Waals surface area contributed by atoms with E-state index in [1.807, 2.05) is 19.1 Å². The molecular formula is C13H13NO3S. The molecule has 0 saturated heterocycles. The van der Waals surface area contributed by atoms with Crippen LogP contribution in [0.3, 0.4) is 0 Å². The first-order valence-electron chi connectivity index (χ1n) is 5.51. The average Bonchev–Trinajstić information content (AvgIpc) is 2.72. The van der Waals surface area contributed by atoms with E-state index in [2.05, 4.69) is 9.72 Å². The molecular weight excluding hydrogens is 250 g/mol. The zero-order valence-electron chi connectivity index (χ0n) is 9.92. The molecule has 0 aliphatic carbocycles. The van der Waals surface area contributed by atoms with Gasteiger partial charge in [0.25, 0.3) is 6.47 Å². The number of phenols is 1. The van der Waals surface area contributed by atoms with Gasteiger partial charge in [-0.05, 0) is 31.2 Å². The predicted molar refractivity (Wildman–Crippen MR) is 69.7 cm³/mol. The number of phenolic OH excluding ortho intramolecular Hbond substituents is 1. The first-order valence-corrected chi connectivity index (χ1v) is 6.33. The number of aromatic nitrogens is 1. The number of nitrogens with zero attached hydrogens (tertiary/aromatic N) is 1. The monoisotopic (exact) mass is 263 g/mol. The normalized spacial score (nSPS) is 10.3. The largest absolute Gasteiger partial charge is 0.508 e. The molecule has 4 nitrogen and oxygen atoms in total. The van der Waals surface area contributed by atoms with Crippen LogP contribution in [0.5, 0.6) is 5.75 Å². The Morgan fingerprint density at radius 3 is 2.78 bits per heavy atom. The zero-order chi connectivity index (χ0) is 13.0. The van der Waals surface area contributed by atoms with Crippen molar-refractivity contribution in [3.8, 4) is 16.3 Å². The molecule has 0 atom stereocenters. The van der Waals surface area contributed by atoms with Gasteiger partial charge in [0.2, 0.25) is 0 Å². The van der Waals surface area contributed by atoms with E-state index in [1.54, 1.807) is 23.5 Å². The Morgan fingerprint density at radius 2 is 2.11 bits per heavy atom. The zero-order valence-corrected chi connectivity index (χ0v) is 10.7. The molecule has 0 unspecified atom stereocenters. The molecule has 5 heteroatoms. The summed E-state index contributed by atoms with van der Waals surface area (Å²) in [5, 5.41) is 10.2. The Morgan fingerprint density at radius 1 is 1.39 bits per heavy atom. The van der Waals surface area contributed by atoms with Gasteiger partial charge < -0.3 is 9.84 Å². The van der Waals surface area contributed by atoms with Crippen LogP contribution in [0.15, 0.2) is 24.3 Å². The van der Waals surface area contributed by atoms with Crippen molar-refractivity contribution >= 4 is 17.8 Å². The third-order valence-corrected chi connectivity index (χ3v) is 3.79. The molecule has 0 amide bonds. The standard InChI is InChI=1S/C13H13NO3S/c1-9-12(6-7-17-8-15)18-13(14-9)10-2-4-11(16)5-3-10/h2-5,8,16H,6-7H2,1H3. The van der Waals surface area contributed by atoms with Crippen LogP contribution in [0, 0.1) is 6.92 Å². The smallest absolute Gasteiger partial charge is 0.293 e. The van der Waals surface area contributed by atoms with Gasteiger partial charge in [0.05, 0.1) is 12.3 Å². The van der Waals surface area contributed by atoms with Gasteiger partial charge in [-0.3, -0.25) is 4.79 Å². The summed E-state index contributed by atoms with van der Waals surface area (Å²) < 4.78 is 4.69. The van der Waals surface area contributed by atoms with Crippen molar-refractivity contribution in [3.05, 3.63) is 34.8 Å². The number of benzene rings is 1. The number of rotatable bonds is 5. The van der Waals surface area contributed by atoms with Crippen LogP contribution in [-0.4, -0.2) is 23.2 Å². The summed E-state index contributed by atoms with van der Waals surface area (Å²) in [6, 6.07) is 6.95. The van der Waals surface area contributed by atoms with Crippen molar-refractivity contribution in [2.75, 3.05) is 6.61 Å². The van der Waals surface area contributed by atoms with E-state index < -0.39 is 0 Å². The molecule has 0 fully saturated rings. The number of aryl methyl sites for hydroxylation is 1. The lowest BCUT2D eigenvalue weighted by Gasteiger charge is -1.96. The van der Waals surface area contributed by atoms with Crippen molar-refractivity contribution in [2.24, 2.45) is 0 Å². The third kappa shape index (κ3) is 2.87. The first kappa shape index (κ1) is 12.6. The second kappa shape index (κ2) is 5.64. The minimum Gasteiger partial charge on any atom is -0.508 e. The summed E-state index contributed by atoms with van der Waals surface area (Å²) in [5.41, 5.74) is 1.93. The maximum absolute atomic E-state index is 10.1. The molecule has 2 rings (SSSR count). The van der Waals surface area contributed by atoms with Crippen LogP contribution in [0.2, 0.25) is 0 Å². The van der Waals surface area contributed by atoms with Crippen LogP contribution < -0.4 is 0 Å². The molecule has 0 aliphatic heterocycles. The Hall–Kier alpha value is -1.88. The van der Waals surface area contributed by atoms with Gasteiger partial charge in [-0.25, -0.2) is 4.98 Å². The summed E-state index contributed by atoms with van der Waals surface area (Å²) in [4.78, 5) is 15.7. The number of ether oxygens (including phenoxy) is 1. The number of thiazole rings is 1. The maximum atomic E-state index is 10.1. The Balaban J connectivity index is 2.17. The lowest BCUT2D eigenvalue weighted by atomic mass is 10.2. The highest BCUT2D eigenvalue weighted by atomic mass is 32.1. The molecule has 1 heterocycles. The topological polar surface area (TPSA) is 59.4 Å². The molecule has 0 radical (unpaired) electrons. The van der Waals surface area contributed by atoms with E-state index >= 15 is 0 Å². The molecule has 18 heavy (non-hydrogen) atoms. The molecule has 0 saturated carbocycles. The van der Waals surface area contributed by atoms with Crippen molar-refractivity contribution in [1.29, 1.82) is 0 Å². The quantitative estimate of drug-likeness (QED) is 0.665.